The van der Waals surface area contributed by atoms with Gasteiger partial charge in [0.05, 0.1) is 10.4 Å². The van der Waals surface area contributed by atoms with E-state index in [0.29, 0.717) is 5.92 Å². The van der Waals surface area contributed by atoms with Gasteiger partial charge < -0.3 is 4.90 Å². The van der Waals surface area contributed by atoms with Crippen molar-refractivity contribution in [3.8, 4) is 0 Å². The Balaban J connectivity index is 2.03. The highest BCUT2D eigenvalue weighted by atomic mass is 16.6. The van der Waals surface area contributed by atoms with Gasteiger partial charge in [-0.25, -0.2) is 4.98 Å². The number of hydrogen-bond acceptors (Lipinski definition) is 4. The van der Waals surface area contributed by atoms with Crippen molar-refractivity contribution in [2.45, 2.75) is 26.7 Å². The smallest absolute Gasteiger partial charge is 0.270 e. The highest BCUT2D eigenvalue weighted by molar-refractivity contribution is 5.86. The molecule has 0 bridgehead atoms. The topological polar surface area (TPSA) is 59.3 Å². The van der Waals surface area contributed by atoms with E-state index in [1.165, 1.54) is 18.9 Å². The van der Waals surface area contributed by atoms with Gasteiger partial charge in [-0.05, 0) is 43.4 Å². The number of nitro benzene ring substituents is 1. The molecule has 5 nitrogen and oxygen atoms in total. The maximum absolute atomic E-state index is 10.9. The molecule has 1 fully saturated rings. The molecule has 0 aliphatic carbocycles. The van der Waals surface area contributed by atoms with E-state index in [-0.39, 0.29) is 10.6 Å². The number of fused-ring (bicyclic) bond motifs is 1. The molecule has 1 aliphatic rings. The SMILES string of the molecule is Cc1cc(N2CCC[C@H](C)C2)nc2ccc([N+](=O)[O-])cc12. The van der Waals surface area contributed by atoms with Crippen LogP contribution in [0.25, 0.3) is 10.9 Å². The number of nitro groups is 1. The molecular formula is C16H19N3O2. The number of rotatable bonds is 2. The van der Waals surface area contributed by atoms with Crippen LogP contribution in [0.15, 0.2) is 24.3 Å². The van der Waals surface area contributed by atoms with E-state index in [2.05, 4.69) is 11.8 Å². The monoisotopic (exact) mass is 285 g/mol. The van der Waals surface area contributed by atoms with Crippen molar-refractivity contribution in [3.05, 3.63) is 39.9 Å². The summed E-state index contributed by atoms with van der Waals surface area (Å²) >= 11 is 0. The van der Waals surface area contributed by atoms with Crippen LogP contribution in [-0.2, 0) is 0 Å². The number of aryl methyl sites for hydroxylation is 1. The summed E-state index contributed by atoms with van der Waals surface area (Å²) < 4.78 is 0. The molecule has 1 aliphatic heterocycles. The van der Waals surface area contributed by atoms with Crippen LogP contribution in [0.2, 0.25) is 0 Å². The lowest BCUT2D eigenvalue weighted by molar-refractivity contribution is -0.384. The molecule has 5 heteroatoms. The van der Waals surface area contributed by atoms with Crippen LogP contribution in [0.5, 0.6) is 0 Å². The van der Waals surface area contributed by atoms with Crippen molar-refractivity contribution in [2.75, 3.05) is 18.0 Å². The summed E-state index contributed by atoms with van der Waals surface area (Å²) in [6.45, 7) is 6.33. The number of pyridine rings is 1. The number of nitrogens with zero attached hydrogens (tertiary/aromatic N) is 3. The summed E-state index contributed by atoms with van der Waals surface area (Å²) in [6, 6.07) is 6.93. The number of piperidine rings is 1. The first-order valence-corrected chi connectivity index (χ1v) is 7.35. The summed E-state index contributed by atoms with van der Waals surface area (Å²) in [5, 5.41) is 11.7. The number of anilines is 1. The molecular weight excluding hydrogens is 266 g/mol. The Bertz CT molecular complexity index is 699. The second-order valence-corrected chi connectivity index (χ2v) is 5.95. The van der Waals surface area contributed by atoms with Gasteiger partial charge in [0, 0.05) is 30.6 Å². The van der Waals surface area contributed by atoms with Crippen LogP contribution in [0.4, 0.5) is 11.5 Å². The van der Waals surface area contributed by atoms with Crippen LogP contribution in [0.3, 0.4) is 0 Å². The number of aromatic nitrogens is 1. The Morgan fingerprint density at radius 3 is 2.90 bits per heavy atom. The molecule has 0 saturated carbocycles. The van der Waals surface area contributed by atoms with E-state index < -0.39 is 0 Å². The van der Waals surface area contributed by atoms with Crippen molar-refractivity contribution in [1.82, 2.24) is 4.98 Å². The fraction of sp³-hybridized carbons (Fsp3) is 0.438. The second kappa shape index (κ2) is 5.31. The number of non-ortho nitro benzene ring substituents is 1. The zero-order valence-electron chi connectivity index (χ0n) is 12.4. The molecule has 1 atom stereocenters. The molecule has 0 radical (unpaired) electrons. The van der Waals surface area contributed by atoms with E-state index in [9.17, 15) is 10.1 Å². The third-order valence-corrected chi connectivity index (χ3v) is 4.18. The Labute approximate surface area is 123 Å². The van der Waals surface area contributed by atoms with Gasteiger partial charge in [0.15, 0.2) is 0 Å². The van der Waals surface area contributed by atoms with Crippen LogP contribution in [0, 0.1) is 23.0 Å². The second-order valence-electron chi connectivity index (χ2n) is 5.95. The Morgan fingerprint density at radius 2 is 2.19 bits per heavy atom. The molecule has 0 spiro atoms. The lowest BCUT2D eigenvalue weighted by atomic mass is 10.00. The highest BCUT2D eigenvalue weighted by Crippen LogP contribution is 2.28. The molecule has 3 rings (SSSR count). The lowest BCUT2D eigenvalue weighted by Gasteiger charge is -2.32. The first-order chi connectivity index (χ1) is 10.0. The molecule has 0 unspecified atom stereocenters. The zero-order chi connectivity index (χ0) is 15.0. The Hall–Kier alpha value is -2.17. The summed E-state index contributed by atoms with van der Waals surface area (Å²) in [4.78, 5) is 17.5. The van der Waals surface area contributed by atoms with Crippen LogP contribution in [0.1, 0.15) is 25.3 Å². The molecule has 21 heavy (non-hydrogen) atoms. The van der Waals surface area contributed by atoms with Gasteiger partial charge in [-0.15, -0.1) is 0 Å². The molecule has 0 N–H and O–H groups in total. The van der Waals surface area contributed by atoms with Crippen LogP contribution < -0.4 is 4.90 Å². The first kappa shape index (κ1) is 13.8. The largest absolute Gasteiger partial charge is 0.356 e. The predicted molar refractivity (Wildman–Crippen MR) is 83.7 cm³/mol. The molecule has 110 valence electrons. The van der Waals surface area contributed by atoms with E-state index in [4.69, 9.17) is 4.98 Å². The summed E-state index contributed by atoms with van der Waals surface area (Å²) in [7, 11) is 0. The maximum Gasteiger partial charge on any atom is 0.270 e. The maximum atomic E-state index is 10.9. The molecule has 2 aromatic rings. The molecule has 0 amide bonds. The average Bonchev–Trinajstić information content (AvgIpc) is 2.46. The van der Waals surface area contributed by atoms with Gasteiger partial charge in [-0.2, -0.15) is 0 Å². The first-order valence-electron chi connectivity index (χ1n) is 7.35. The number of benzene rings is 1. The third-order valence-electron chi connectivity index (χ3n) is 4.18. The molecule has 1 aromatic heterocycles. The predicted octanol–water partition coefficient (Wildman–Crippen LogP) is 3.69. The molecule has 1 saturated heterocycles. The normalized spacial score (nSPS) is 19.0. The minimum absolute atomic E-state index is 0.117. The molecule has 2 heterocycles. The van der Waals surface area contributed by atoms with E-state index in [1.807, 2.05) is 13.0 Å². The zero-order valence-corrected chi connectivity index (χ0v) is 12.4. The van der Waals surface area contributed by atoms with Crippen molar-refractivity contribution >= 4 is 22.4 Å². The fourth-order valence-corrected chi connectivity index (χ4v) is 3.04. The number of hydrogen-bond donors (Lipinski definition) is 0. The van der Waals surface area contributed by atoms with Crippen molar-refractivity contribution in [3.63, 3.8) is 0 Å². The molecule has 1 aromatic carbocycles. The average molecular weight is 285 g/mol. The standard InChI is InChI=1S/C16H19N3O2/c1-11-4-3-7-18(10-11)16-8-12(2)14-9-13(19(20)21)5-6-15(14)17-16/h5-6,8-9,11H,3-4,7,10H2,1-2H3/t11-/m0/s1. The van der Waals surface area contributed by atoms with E-state index in [1.54, 1.807) is 12.1 Å². The fourth-order valence-electron chi connectivity index (χ4n) is 3.04. The highest BCUT2D eigenvalue weighted by Gasteiger charge is 2.19. The third kappa shape index (κ3) is 2.68. The van der Waals surface area contributed by atoms with Crippen molar-refractivity contribution < 1.29 is 4.92 Å². The van der Waals surface area contributed by atoms with Gasteiger partial charge in [0.25, 0.3) is 5.69 Å². The van der Waals surface area contributed by atoms with E-state index in [0.717, 1.165) is 35.4 Å². The van der Waals surface area contributed by atoms with Crippen molar-refractivity contribution in [1.29, 1.82) is 0 Å². The van der Waals surface area contributed by atoms with E-state index >= 15 is 0 Å². The summed E-state index contributed by atoms with van der Waals surface area (Å²) in [6.07, 6.45) is 2.47. The van der Waals surface area contributed by atoms with Crippen LogP contribution in [-0.4, -0.2) is 23.0 Å². The Morgan fingerprint density at radius 1 is 1.38 bits per heavy atom. The van der Waals surface area contributed by atoms with Gasteiger partial charge >= 0.3 is 0 Å². The minimum atomic E-state index is -0.362. The lowest BCUT2D eigenvalue weighted by Crippen LogP contribution is -2.34. The van der Waals surface area contributed by atoms with Crippen molar-refractivity contribution in [2.24, 2.45) is 5.92 Å². The van der Waals surface area contributed by atoms with Gasteiger partial charge in [0.1, 0.15) is 5.82 Å². The van der Waals surface area contributed by atoms with Gasteiger partial charge in [0.2, 0.25) is 0 Å². The summed E-state index contributed by atoms with van der Waals surface area (Å²) in [5.41, 5.74) is 1.98. The minimum Gasteiger partial charge on any atom is -0.356 e. The van der Waals surface area contributed by atoms with Gasteiger partial charge in [-0.3, -0.25) is 10.1 Å². The van der Waals surface area contributed by atoms with Gasteiger partial charge in [-0.1, -0.05) is 6.92 Å². The Kier molecular flexibility index (Phi) is 3.49. The quantitative estimate of drug-likeness (QED) is 0.623. The summed E-state index contributed by atoms with van der Waals surface area (Å²) in [5.74, 6) is 1.67. The van der Waals surface area contributed by atoms with Crippen LogP contribution >= 0.6 is 0 Å².